The second-order valence-corrected chi connectivity index (χ2v) is 7.84. The Bertz CT molecular complexity index is 817. The van der Waals surface area contributed by atoms with Crippen LogP contribution in [-0.4, -0.2) is 19.1 Å². The molecule has 1 aromatic carbocycles. The molecule has 2 N–H and O–H groups in total. The smallest absolute Gasteiger partial charge is 0.341 e. The molecule has 1 atom stereocenters. The SMILES string of the molecule is CCC1CCc2c(sc(NC(=O)Nc3ccc(Cl)cc3)c2C(=O)OC)C1. The van der Waals surface area contributed by atoms with E-state index in [1.165, 1.54) is 23.3 Å². The van der Waals surface area contributed by atoms with Crippen molar-refractivity contribution in [3.63, 3.8) is 0 Å². The summed E-state index contributed by atoms with van der Waals surface area (Å²) < 4.78 is 4.95. The Morgan fingerprint density at radius 2 is 2.00 bits per heavy atom. The van der Waals surface area contributed by atoms with Gasteiger partial charge < -0.3 is 10.1 Å². The molecular formula is C19H21ClN2O3S. The summed E-state index contributed by atoms with van der Waals surface area (Å²) in [6.45, 7) is 2.18. The monoisotopic (exact) mass is 392 g/mol. The van der Waals surface area contributed by atoms with Crippen LogP contribution in [0.25, 0.3) is 0 Å². The maximum atomic E-state index is 12.4. The van der Waals surface area contributed by atoms with E-state index < -0.39 is 12.0 Å². The van der Waals surface area contributed by atoms with Gasteiger partial charge in [-0.2, -0.15) is 0 Å². The molecule has 0 saturated carbocycles. The number of nitrogens with one attached hydrogen (secondary N) is 2. The molecule has 1 aromatic heterocycles. The van der Waals surface area contributed by atoms with Crippen LogP contribution < -0.4 is 10.6 Å². The Morgan fingerprint density at radius 1 is 1.27 bits per heavy atom. The number of urea groups is 1. The Balaban J connectivity index is 1.82. The van der Waals surface area contributed by atoms with E-state index in [4.69, 9.17) is 16.3 Å². The van der Waals surface area contributed by atoms with Crippen LogP contribution in [0.2, 0.25) is 5.02 Å². The molecule has 0 radical (unpaired) electrons. The molecule has 2 aromatic rings. The molecular weight excluding hydrogens is 372 g/mol. The van der Waals surface area contributed by atoms with Crippen molar-refractivity contribution in [1.82, 2.24) is 0 Å². The summed E-state index contributed by atoms with van der Waals surface area (Å²) >= 11 is 7.33. The average molecular weight is 393 g/mol. The minimum absolute atomic E-state index is 0.400. The molecule has 0 spiro atoms. The van der Waals surface area contributed by atoms with Crippen LogP contribution in [0.1, 0.15) is 40.6 Å². The van der Waals surface area contributed by atoms with Gasteiger partial charge in [-0.05, 0) is 55.0 Å². The van der Waals surface area contributed by atoms with Crippen molar-refractivity contribution < 1.29 is 14.3 Å². The summed E-state index contributed by atoms with van der Waals surface area (Å²) in [6, 6.07) is 6.43. The van der Waals surface area contributed by atoms with Gasteiger partial charge in [0.2, 0.25) is 0 Å². The first kappa shape index (κ1) is 18.7. The van der Waals surface area contributed by atoms with Gasteiger partial charge in [0.05, 0.1) is 12.7 Å². The summed E-state index contributed by atoms with van der Waals surface area (Å²) in [4.78, 5) is 25.8. The predicted molar refractivity (Wildman–Crippen MR) is 106 cm³/mol. The average Bonchev–Trinajstić information content (AvgIpc) is 2.99. The molecule has 1 aliphatic rings. The predicted octanol–water partition coefficient (Wildman–Crippen LogP) is 5.35. The van der Waals surface area contributed by atoms with Gasteiger partial charge in [0, 0.05) is 15.6 Å². The molecule has 7 heteroatoms. The second-order valence-electron chi connectivity index (χ2n) is 6.30. The lowest BCUT2D eigenvalue weighted by molar-refractivity contribution is 0.0601. The van der Waals surface area contributed by atoms with E-state index in [0.717, 1.165) is 31.2 Å². The fourth-order valence-corrected chi connectivity index (χ4v) is 4.68. The Morgan fingerprint density at radius 3 is 2.65 bits per heavy atom. The lowest BCUT2D eigenvalue weighted by Crippen LogP contribution is -2.20. The molecule has 0 saturated heterocycles. The van der Waals surface area contributed by atoms with E-state index in [2.05, 4.69) is 17.6 Å². The van der Waals surface area contributed by atoms with E-state index in [0.29, 0.717) is 27.2 Å². The quantitative estimate of drug-likeness (QED) is 0.689. The van der Waals surface area contributed by atoms with Crippen molar-refractivity contribution in [2.24, 2.45) is 5.92 Å². The second kappa shape index (κ2) is 8.10. The number of carbonyl (C=O) groups excluding carboxylic acids is 2. The van der Waals surface area contributed by atoms with Crippen molar-refractivity contribution in [1.29, 1.82) is 0 Å². The van der Waals surface area contributed by atoms with E-state index in [1.807, 2.05) is 0 Å². The number of hydrogen-bond acceptors (Lipinski definition) is 4. The number of hydrogen-bond donors (Lipinski definition) is 2. The number of carbonyl (C=O) groups is 2. The first-order valence-electron chi connectivity index (χ1n) is 8.58. The summed E-state index contributed by atoms with van der Waals surface area (Å²) in [5.41, 5.74) is 2.14. The van der Waals surface area contributed by atoms with E-state index >= 15 is 0 Å². The van der Waals surface area contributed by atoms with Crippen LogP contribution in [0.3, 0.4) is 0 Å². The first-order chi connectivity index (χ1) is 12.5. The number of benzene rings is 1. The summed E-state index contributed by atoms with van der Waals surface area (Å²) in [5.74, 6) is 0.224. The number of ether oxygens (including phenoxy) is 1. The maximum Gasteiger partial charge on any atom is 0.341 e. The Labute approximate surface area is 161 Å². The van der Waals surface area contributed by atoms with E-state index in [-0.39, 0.29) is 0 Å². The van der Waals surface area contributed by atoms with Crippen molar-refractivity contribution in [2.45, 2.75) is 32.6 Å². The van der Waals surface area contributed by atoms with Gasteiger partial charge >= 0.3 is 12.0 Å². The topological polar surface area (TPSA) is 67.4 Å². The van der Waals surface area contributed by atoms with E-state index in [9.17, 15) is 9.59 Å². The van der Waals surface area contributed by atoms with Crippen molar-refractivity contribution in [3.8, 4) is 0 Å². The molecule has 138 valence electrons. The van der Waals surface area contributed by atoms with Gasteiger partial charge in [0.1, 0.15) is 5.00 Å². The number of methoxy groups -OCH3 is 1. The molecule has 1 unspecified atom stereocenters. The number of thiophene rings is 1. The third-order valence-electron chi connectivity index (χ3n) is 4.66. The minimum atomic E-state index is -0.403. The largest absolute Gasteiger partial charge is 0.465 e. The van der Waals surface area contributed by atoms with Crippen molar-refractivity contribution in [2.75, 3.05) is 17.7 Å². The van der Waals surface area contributed by atoms with Crippen LogP contribution >= 0.6 is 22.9 Å². The third-order valence-corrected chi connectivity index (χ3v) is 6.09. The maximum absolute atomic E-state index is 12.4. The first-order valence-corrected chi connectivity index (χ1v) is 9.77. The highest BCUT2D eigenvalue weighted by atomic mass is 35.5. The number of anilines is 2. The van der Waals surface area contributed by atoms with E-state index in [1.54, 1.807) is 24.3 Å². The van der Waals surface area contributed by atoms with Gasteiger partial charge in [-0.1, -0.05) is 24.9 Å². The molecule has 0 fully saturated rings. The zero-order valence-electron chi connectivity index (χ0n) is 14.7. The number of amides is 2. The number of rotatable bonds is 4. The summed E-state index contributed by atoms with van der Waals surface area (Å²) in [6.07, 6.45) is 3.96. The highest BCUT2D eigenvalue weighted by Crippen LogP contribution is 2.40. The molecule has 1 heterocycles. The fraction of sp³-hybridized carbons (Fsp3) is 0.368. The molecule has 5 nitrogen and oxygen atoms in total. The van der Waals surface area contributed by atoms with Crippen LogP contribution in [0, 0.1) is 5.92 Å². The minimum Gasteiger partial charge on any atom is -0.465 e. The van der Waals surface area contributed by atoms with Gasteiger partial charge in [0.25, 0.3) is 0 Å². The highest BCUT2D eigenvalue weighted by molar-refractivity contribution is 7.17. The highest BCUT2D eigenvalue weighted by Gasteiger charge is 2.29. The number of esters is 1. The number of halogens is 1. The summed E-state index contributed by atoms with van der Waals surface area (Å²) in [7, 11) is 1.36. The zero-order valence-corrected chi connectivity index (χ0v) is 16.3. The van der Waals surface area contributed by atoms with Crippen LogP contribution in [-0.2, 0) is 17.6 Å². The van der Waals surface area contributed by atoms with Gasteiger partial charge in [-0.15, -0.1) is 11.3 Å². The van der Waals surface area contributed by atoms with Crippen molar-refractivity contribution in [3.05, 3.63) is 45.3 Å². The Kier molecular flexibility index (Phi) is 5.84. The van der Waals surface area contributed by atoms with Gasteiger partial charge in [-0.3, -0.25) is 5.32 Å². The van der Waals surface area contributed by atoms with Crippen LogP contribution in [0.4, 0.5) is 15.5 Å². The Hall–Kier alpha value is -2.05. The van der Waals surface area contributed by atoms with Crippen molar-refractivity contribution >= 4 is 45.6 Å². The molecule has 26 heavy (non-hydrogen) atoms. The normalized spacial score (nSPS) is 15.9. The molecule has 0 bridgehead atoms. The van der Waals surface area contributed by atoms with Crippen LogP contribution in [0.5, 0.6) is 0 Å². The van der Waals surface area contributed by atoms with Gasteiger partial charge in [-0.25, -0.2) is 9.59 Å². The standard InChI is InChI=1S/C19H21ClN2O3S/c1-3-11-4-9-14-15(10-11)26-17(16(14)18(23)25-2)22-19(24)21-13-7-5-12(20)6-8-13/h5-8,11H,3-4,9-10H2,1-2H3,(H2,21,22,24). The van der Waals surface area contributed by atoms with Gasteiger partial charge in [0.15, 0.2) is 0 Å². The third kappa shape index (κ3) is 4.02. The molecule has 1 aliphatic carbocycles. The lowest BCUT2D eigenvalue weighted by Gasteiger charge is -2.20. The molecule has 0 aliphatic heterocycles. The lowest BCUT2D eigenvalue weighted by atomic mass is 9.86. The molecule has 2 amide bonds. The fourth-order valence-electron chi connectivity index (χ4n) is 3.21. The summed E-state index contributed by atoms with van der Waals surface area (Å²) in [5, 5.41) is 6.71. The molecule has 3 rings (SSSR count). The number of fused-ring (bicyclic) bond motifs is 1. The van der Waals surface area contributed by atoms with Crippen LogP contribution in [0.15, 0.2) is 24.3 Å². The zero-order chi connectivity index (χ0) is 18.7.